The van der Waals surface area contributed by atoms with Crippen molar-refractivity contribution in [3.05, 3.63) is 59.7 Å². The minimum absolute atomic E-state index is 0.00906. The van der Waals surface area contributed by atoms with Crippen molar-refractivity contribution < 1.29 is 23.9 Å². The van der Waals surface area contributed by atoms with Crippen LogP contribution in [0, 0.1) is 5.92 Å². The third-order valence-electron chi connectivity index (χ3n) is 4.90. The summed E-state index contributed by atoms with van der Waals surface area (Å²) >= 11 is 0. The minimum atomic E-state index is -0.977. The number of fused-ring (bicyclic) bond motifs is 3. The zero-order valence-corrected chi connectivity index (χ0v) is 17.0. The molecule has 0 spiro atoms. The summed E-state index contributed by atoms with van der Waals surface area (Å²) in [5.74, 6) is -2.08. The van der Waals surface area contributed by atoms with Crippen molar-refractivity contribution in [3.63, 3.8) is 0 Å². The van der Waals surface area contributed by atoms with E-state index in [0.29, 0.717) is 6.29 Å². The van der Waals surface area contributed by atoms with E-state index in [1.165, 1.54) is 0 Å². The Bertz CT molecular complexity index is 864. The Hall–Kier alpha value is -2.95. The van der Waals surface area contributed by atoms with E-state index in [0.717, 1.165) is 22.3 Å². The van der Waals surface area contributed by atoms with E-state index in [1.807, 2.05) is 36.4 Å². The van der Waals surface area contributed by atoms with Gasteiger partial charge >= 0.3 is 11.9 Å². The van der Waals surface area contributed by atoms with Crippen LogP contribution in [0.3, 0.4) is 0 Å². The first-order valence-corrected chi connectivity index (χ1v) is 9.82. The molecule has 0 heterocycles. The Balaban J connectivity index is 1.62. The molecule has 0 bridgehead atoms. The SMILES string of the molecule is CC(C)(C)OC(=O)CC[C@@H](C=O)C(=O)OCC1c2ccccc2-c2ccccc21. The topological polar surface area (TPSA) is 69.7 Å². The fraction of sp³-hybridized carbons (Fsp3) is 0.375. The maximum Gasteiger partial charge on any atom is 0.316 e. The molecule has 2 aromatic rings. The van der Waals surface area contributed by atoms with Gasteiger partial charge < -0.3 is 14.3 Å². The summed E-state index contributed by atoms with van der Waals surface area (Å²) in [5.41, 5.74) is 3.90. The van der Waals surface area contributed by atoms with Gasteiger partial charge in [0.1, 0.15) is 24.4 Å². The maximum absolute atomic E-state index is 12.4. The van der Waals surface area contributed by atoms with Crippen LogP contribution in [0.4, 0.5) is 0 Å². The lowest BCUT2D eigenvalue weighted by Crippen LogP contribution is -2.26. The molecule has 3 rings (SSSR count). The highest BCUT2D eigenvalue weighted by Gasteiger charge is 2.30. The fourth-order valence-corrected chi connectivity index (χ4v) is 3.62. The summed E-state index contributed by atoms with van der Waals surface area (Å²) in [5, 5.41) is 0. The second kappa shape index (κ2) is 8.60. The molecule has 0 saturated heterocycles. The van der Waals surface area contributed by atoms with E-state index in [1.54, 1.807) is 20.8 Å². The second-order valence-electron chi connectivity index (χ2n) is 8.22. The van der Waals surface area contributed by atoms with Crippen LogP contribution in [0.2, 0.25) is 0 Å². The van der Waals surface area contributed by atoms with E-state index in [9.17, 15) is 14.4 Å². The molecule has 0 aromatic heterocycles. The molecule has 1 aliphatic rings. The lowest BCUT2D eigenvalue weighted by molar-refractivity contribution is -0.156. The summed E-state index contributed by atoms with van der Waals surface area (Å²) in [7, 11) is 0. The Labute approximate surface area is 171 Å². The van der Waals surface area contributed by atoms with E-state index >= 15 is 0 Å². The van der Waals surface area contributed by atoms with Gasteiger partial charge in [-0.15, -0.1) is 0 Å². The molecule has 0 amide bonds. The summed E-state index contributed by atoms with van der Waals surface area (Å²) in [6.45, 7) is 5.47. The normalized spacial score (nSPS) is 13.9. The van der Waals surface area contributed by atoms with Crippen molar-refractivity contribution >= 4 is 18.2 Å². The van der Waals surface area contributed by atoms with Crippen molar-refractivity contribution in [1.29, 1.82) is 0 Å². The average molecular weight is 394 g/mol. The van der Waals surface area contributed by atoms with E-state index in [-0.39, 0.29) is 25.4 Å². The van der Waals surface area contributed by atoms with Crippen LogP contribution in [-0.2, 0) is 23.9 Å². The quantitative estimate of drug-likeness (QED) is 0.398. The standard InChI is InChI=1S/C24H26O5/c1-24(2,3)29-22(26)13-12-16(14-25)23(27)28-15-21-19-10-6-4-8-17(19)18-9-5-7-11-20(18)21/h4-11,14,16,21H,12-13,15H2,1-3H3/t16-/m0/s1. The number of hydrogen-bond donors (Lipinski definition) is 0. The maximum atomic E-state index is 12.4. The zero-order chi connectivity index (χ0) is 21.0. The first-order valence-electron chi connectivity index (χ1n) is 9.82. The molecule has 5 nitrogen and oxygen atoms in total. The Morgan fingerprint density at radius 2 is 1.55 bits per heavy atom. The molecule has 0 aliphatic heterocycles. The summed E-state index contributed by atoms with van der Waals surface area (Å²) in [6, 6.07) is 16.1. The smallest absolute Gasteiger partial charge is 0.316 e. The first-order chi connectivity index (χ1) is 13.8. The Morgan fingerprint density at radius 3 is 2.07 bits per heavy atom. The molecule has 2 aromatic carbocycles. The first kappa shape index (κ1) is 20.8. The number of carbonyl (C=O) groups is 3. The zero-order valence-electron chi connectivity index (χ0n) is 17.0. The monoisotopic (exact) mass is 394 g/mol. The minimum Gasteiger partial charge on any atom is -0.464 e. The van der Waals surface area contributed by atoms with Crippen molar-refractivity contribution in [2.24, 2.45) is 5.92 Å². The van der Waals surface area contributed by atoms with Gasteiger partial charge in [0.15, 0.2) is 0 Å². The van der Waals surface area contributed by atoms with Crippen molar-refractivity contribution in [2.45, 2.75) is 45.1 Å². The van der Waals surface area contributed by atoms with Crippen molar-refractivity contribution in [3.8, 4) is 11.1 Å². The molecule has 5 heteroatoms. The molecule has 0 radical (unpaired) electrons. The number of hydrogen-bond acceptors (Lipinski definition) is 5. The largest absolute Gasteiger partial charge is 0.464 e. The van der Waals surface area contributed by atoms with Gasteiger partial charge in [-0.05, 0) is 49.4 Å². The highest BCUT2D eigenvalue weighted by Crippen LogP contribution is 2.44. The summed E-state index contributed by atoms with van der Waals surface area (Å²) in [6.07, 6.45) is 0.614. The molecule has 0 N–H and O–H groups in total. The van der Waals surface area contributed by atoms with Crippen molar-refractivity contribution in [1.82, 2.24) is 0 Å². The predicted octanol–water partition coefficient (Wildman–Crippen LogP) is 4.28. The van der Waals surface area contributed by atoms with E-state index in [4.69, 9.17) is 9.47 Å². The van der Waals surface area contributed by atoms with Crippen LogP contribution in [0.1, 0.15) is 50.7 Å². The number of carbonyl (C=O) groups excluding carboxylic acids is 3. The number of ether oxygens (including phenoxy) is 2. The highest BCUT2D eigenvalue weighted by molar-refractivity contribution is 5.88. The van der Waals surface area contributed by atoms with Gasteiger partial charge in [0.05, 0.1) is 0 Å². The molecule has 1 aliphatic carbocycles. The summed E-state index contributed by atoms with van der Waals surface area (Å²) < 4.78 is 10.7. The van der Waals surface area contributed by atoms with E-state index < -0.39 is 23.5 Å². The van der Waals surface area contributed by atoms with Gasteiger partial charge in [0, 0.05) is 12.3 Å². The van der Waals surface area contributed by atoms with Gasteiger partial charge in [-0.2, -0.15) is 0 Å². The number of benzene rings is 2. The molecule has 29 heavy (non-hydrogen) atoms. The lowest BCUT2D eigenvalue weighted by Gasteiger charge is -2.20. The summed E-state index contributed by atoms with van der Waals surface area (Å²) in [4.78, 5) is 35.7. The van der Waals surface area contributed by atoms with Gasteiger partial charge in [-0.1, -0.05) is 48.5 Å². The molecule has 152 valence electrons. The Kier molecular flexibility index (Phi) is 6.16. The molecular weight excluding hydrogens is 368 g/mol. The van der Waals surface area contributed by atoms with E-state index in [2.05, 4.69) is 12.1 Å². The van der Waals surface area contributed by atoms with Crippen LogP contribution >= 0.6 is 0 Å². The highest BCUT2D eigenvalue weighted by atomic mass is 16.6. The Morgan fingerprint density at radius 1 is 1.00 bits per heavy atom. The predicted molar refractivity (Wildman–Crippen MR) is 109 cm³/mol. The van der Waals surface area contributed by atoms with Crippen LogP contribution in [0.15, 0.2) is 48.5 Å². The molecule has 1 atom stereocenters. The molecule has 0 saturated carbocycles. The molecular formula is C24H26O5. The van der Waals surface area contributed by atoms with Crippen LogP contribution in [-0.4, -0.2) is 30.4 Å². The number of esters is 2. The van der Waals surface area contributed by atoms with Crippen LogP contribution < -0.4 is 0 Å². The van der Waals surface area contributed by atoms with Crippen molar-refractivity contribution in [2.75, 3.05) is 6.61 Å². The van der Waals surface area contributed by atoms with Gasteiger partial charge in [-0.3, -0.25) is 9.59 Å². The lowest BCUT2D eigenvalue weighted by atomic mass is 9.98. The molecule has 0 unspecified atom stereocenters. The average Bonchev–Trinajstić information content (AvgIpc) is 2.99. The van der Waals surface area contributed by atoms with Crippen LogP contribution in [0.25, 0.3) is 11.1 Å². The third-order valence-corrected chi connectivity index (χ3v) is 4.90. The number of aldehydes is 1. The third kappa shape index (κ3) is 4.91. The van der Waals surface area contributed by atoms with Gasteiger partial charge in [-0.25, -0.2) is 0 Å². The molecule has 0 fully saturated rings. The fourth-order valence-electron chi connectivity index (χ4n) is 3.62. The van der Waals surface area contributed by atoms with Gasteiger partial charge in [0.25, 0.3) is 0 Å². The number of rotatable bonds is 7. The van der Waals surface area contributed by atoms with Gasteiger partial charge in [0.2, 0.25) is 0 Å². The second-order valence-corrected chi connectivity index (χ2v) is 8.22. The van der Waals surface area contributed by atoms with Crippen LogP contribution in [0.5, 0.6) is 0 Å².